The first-order chi connectivity index (χ1) is 10.7. The molecule has 0 saturated carbocycles. The molecule has 0 aliphatic heterocycles. The van der Waals surface area contributed by atoms with Gasteiger partial charge < -0.3 is 4.74 Å². The van der Waals surface area contributed by atoms with Gasteiger partial charge in [0.15, 0.2) is 29.0 Å². The third-order valence-electron chi connectivity index (χ3n) is 2.94. The van der Waals surface area contributed by atoms with E-state index in [-0.39, 0.29) is 5.75 Å². The molecule has 23 heavy (non-hydrogen) atoms. The van der Waals surface area contributed by atoms with Crippen molar-refractivity contribution in [3.8, 4) is 16.9 Å². The Bertz CT molecular complexity index is 799. The van der Waals surface area contributed by atoms with E-state index < -0.39 is 55.8 Å². The lowest BCUT2D eigenvalue weighted by molar-refractivity contribution is -0.385. The predicted molar refractivity (Wildman–Crippen MR) is 69.9 cm³/mol. The Morgan fingerprint density at radius 1 is 1.00 bits per heavy atom. The second-order valence-electron chi connectivity index (χ2n) is 4.21. The average molecular weight is 354 g/mol. The number of nitro groups is 1. The van der Waals surface area contributed by atoms with Crippen LogP contribution >= 0.6 is 11.6 Å². The van der Waals surface area contributed by atoms with Crippen LogP contribution in [0.15, 0.2) is 12.1 Å². The van der Waals surface area contributed by atoms with Gasteiger partial charge in [0.2, 0.25) is 5.82 Å². The van der Waals surface area contributed by atoms with Gasteiger partial charge in [-0.25, -0.2) is 22.0 Å². The number of halogens is 6. The lowest BCUT2D eigenvalue weighted by Gasteiger charge is -2.11. The van der Waals surface area contributed by atoms with Crippen LogP contribution in [0.2, 0.25) is 5.02 Å². The van der Waals surface area contributed by atoms with Crippen molar-refractivity contribution in [3.05, 3.63) is 56.4 Å². The molecule has 0 fully saturated rings. The van der Waals surface area contributed by atoms with E-state index in [4.69, 9.17) is 11.6 Å². The molecule has 0 radical (unpaired) electrons. The number of rotatable bonds is 3. The zero-order chi connectivity index (χ0) is 17.5. The van der Waals surface area contributed by atoms with Crippen molar-refractivity contribution in [3.63, 3.8) is 0 Å². The summed E-state index contributed by atoms with van der Waals surface area (Å²) in [6.07, 6.45) is 0. The summed E-state index contributed by atoms with van der Waals surface area (Å²) in [6, 6.07) is 1.41. The lowest BCUT2D eigenvalue weighted by Crippen LogP contribution is -2.05. The van der Waals surface area contributed by atoms with Gasteiger partial charge in [-0.2, -0.15) is 0 Å². The lowest BCUT2D eigenvalue weighted by atomic mass is 10.0. The van der Waals surface area contributed by atoms with Crippen LogP contribution in [0, 0.1) is 39.2 Å². The highest BCUT2D eigenvalue weighted by molar-refractivity contribution is 6.33. The van der Waals surface area contributed by atoms with Gasteiger partial charge in [-0.05, 0) is 0 Å². The molecule has 10 heteroatoms. The first-order valence-corrected chi connectivity index (χ1v) is 6.12. The van der Waals surface area contributed by atoms with Crippen molar-refractivity contribution in [1.29, 1.82) is 0 Å². The summed E-state index contributed by atoms with van der Waals surface area (Å²) in [7, 11) is 1.08. The molecule has 0 amide bonds. The highest BCUT2D eigenvalue weighted by atomic mass is 35.5. The molecule has 2 aromatic rings. The Balaban J connectivity index is 2.88. The molecule has 0 spiro atoms. The summed E-state index contributed by atoms with van der Waals surface area (Å²) in [5.74, 6) is -11.4. The van der Waals surface area contributed by atoms with Crippen molar-refractivity contribution < 1.29 is 31.6 Å². The van der Waals surface area contributed by atoms with Crippen molar-refractivity contribution in [2.75, 3.05) is 7.11 Å². The predicted octanol–water partition coefficient (Wildman–Crippen LogP) is 4.62. The van der Waals surface area contributed by atoms with Crippen molar-refractivity contribution >= 4 is 17.3 Å². The topological polar surface area (TPSA) is 52.4 Å². The van der Waals surface area contributed by atoms with E-state index in [1.54, 1.807) is 0 Å². The van der Waals surface area contributed by atoms with Crippen molar-refractivity contribution in [2.45, 2.75) is 0 Å². The molecule has 0 unspecified atom stereocenters. The number of hydrogen-bond acceptors (Lipinski definition) is 3. The smallest absolute Gasteiger partial charge is 0.311 e. The molecule has 0 aliphatic carbocycles. The molecule has 0 saturated heterocycles. The SMILES string of the molecule is COc1cc(Cl)c(-c2c(F)c(F)c(F)c(F)c2F)cc1[N+](=O)[O-]. The fourth-order valence-corrected chi connectivity index (χ4v) is 2.13. The second-order valence-corrected chi connectivity index (χ2v) is 4.61. The van der Waals surface area contributed by atoms with Gasteiger partial charge in [-0.3, -0.25) is 10.1 Å². The van der Waals surface area contributed by atoms with E-state index in [0.717, 1.165) is 13.2 Å². The maximum absolute atomic E-state index is 13.8. The number of methoxy groups -OCH3 is 1. The van der Waals surface area contributed by atoms with Gasteiger partial charge in [-0.1, -0.05) is 11.6 Å². The van der Waals surface area contributed by atoms with Crippen LogP contribution in [-0.4, -0.2) is 12.0 Å². The van der Waals surface area contributed by atoms with Gasteiger partial charge >= 0.3 is 5.69 Å². The minimum atomic E-state index is -2.34. The third kappa shape index (κ3) is 2.67. The molecule has 0 aromatic heterocycles. The van der Waals surface area contributed by atoms with E-state index in [1.807, 2.05) is 0 Å². The zero-order valence-electron chi connectivity index (χ0n) is 11.1. The molecule has 4 nitrogen and oxygen atoms in total. The molecule has 0 atom stereocenters. The summed E-state index contributed by atoms with van der Waals surface area (Å²) in [6.45, 7) is 0. The Kier molecular flexibility index (Phi) is 4.42. The number of nitro benzene ring substituents is 1. The summed E-state index contributed by atoms with van der Waals surface area (Å²) >= 11 is 5.73. The number of nitrogens with zero attached hydrogens (tertiary/aromatic N) is 1. The molecule has 0 bridgehead atoms. The summed E-state index contributed by atoms with van der Waals surface area (Å²) in [5.41, 5.74) is -2.85. The maximum Gasteiger partial charge on any atom is 0.311 e. The Labute approximate surface area is 130 Å². The minimum Gasteiger partial charge on any atom is -0.490 e. The van der Waals surface area contributed by atoms with Crippen LogP contribution in [0.5, 0.6) is 5.75 Å². The second kappa shape index (κ2) is 5.99. The van der Waals surface area contributed by atoms with Crippen LogP contribution in [-0.2, 0) is 0 Å². The van der Waals surface area contributed by atoms with E-state index in [1.165, 1.54) is 0 Å². The third-order valence-corrected chi connectivity index (χ3v) is 3.26. The van der Waals surface area contributed by atoms with Gasteiger partial charge in [0.05, 0.1) is 22.6 Å². The average Bonchev–Trinajstić information content (AvgIpc) is 2.51. The molecule has 2 rings (SSSR count). The van der Waals surface area contributed by atoms with Gasteiger partial charge in [-0.15, -0.1) is 0 Å². The van der Waals surface area contributed by atoms with E-state index >= 15 is 0 Å². The molecule has 2 aromatic carbocycles. The largest absolute Gasteiger partial charge is 0.490 e. The number of ether oxygens (including phenoxy) is 1. The molecule has 122 valence electrons. The molecule has 0 aliphatic rings. The van der Waals surface area contributed by atoms with E-state index in [9.17, 15) is 32.1 Å². The minimum absolute atomic E-state index is 0.340. The van der Waals surface area contributed by atoms with E-state index in [2.05, 4.69) is 4.74 Å². The fourth-order valence-electron chi connectivity index (χ4n) is 1.88. The molecular formula is C13H5ClF5NO3. The molecule has 0 heterocycles. The molecule has 0 N–H and O–H groups in total. The number of benzene rings is 2. The normalized spacial score (nSPS) is 10.7. The van der Waals surface area contributed by atoms with Crippen molar-refractivity contribution in [2.24, 2.45) is 0 Å². The zero-order valence-corrected chi connectivity index (χ0v) is 11.9. The summed E-state index contributed by atoms with van der Waals surface area (Å²) < 4.78 is 71.9. The maximum atomic E-state index is 13.8. The van der Waals surface area contributed by atoms with Gasteiger partial charge in [0, 0.05) is 17.7 Å². The van der Waals surface area contributed by atoms with E-state index in [0.29, 0.717) is 6.07 Å². The Morgan fingerprint density at radius 3 is 1.91 bits per heavy atom. The fraction of sp³-hybridized carbons (Fsp3) is 0.0769. The van der Waals surface area contributed by atoms with Crippen LogP contribution in [0.3, 0.4) is 0 Å². The number of hydrogen-bond donors (Lipinski definition) is 0. The first-order valence-electron chi connectivity index (χ1n) is 5.74. The monoisotopic (exact) mass is 353 g/mol. The standard InChI is InChI=1S/C13H5ClF5NO3/c1-23-7-3-5(14)4(2-6(7)20(21)22)8-9(15)11(17)13(19)12(18)10(8)16/h2-3H,1H3. The highest BCUT2D eigenvalue weighted by Gasteiger charge is 2.29. The quantitative estimate of drug-likeness (QED) is 0.266. The Hall–Kier alpha value is -2.42. The molecular weight excluding hydrogens is 349 g/mol. The van der Waals surface area contributed by atoms with Crippen LogP contribution in [0.25, 0.3) is 11.1 Å². The first kappa shape index (κ1) is 16.9. The highest BCUT2D eigenvalue weighted by Crippen LogP contribution is 2.41. The van der Waals surface area contributed by atoms with Crippen molar-refractivity contribution in [1.82, 2.24) is 0 Å². The van der Waals surface area contributed by atoms with Crippen LogP contribution < -0.4 is 4.74 Å². The van der Waals surface area contributed by atoms with Gasteiger partial charge in [0.25, 0.3) is 0 Å². The summed E-state index contributed by atoms with van der Waals surface area (Å²) in [4.78, 5) is 9.97. The van der Waals surface area contributed by atoms with Crippen LogP contribution in [0.4, 0.5) is 27.6 Å². The van der Waals surface area contributed by atoms with Crippen LogP contribution in [0.1, 0.15) is 0 Å². The Morgan fingerprint density at radius 2 is 1.48 bits per heavy atom. The summed E-state index contributed by atoms with van der Waals surface area (Å²) in [5, 5.41) is 10.4. The van der Waals surface area contributed by atoms with Gasteiger partial charge in [0.1, 0.15) is 0 Å².